The highest BCUT2D eigenvalue weighted by Gasteiger charge is 2.25. The number of aromatic nitrogens is 1. The van der Waals surface area contributed by atoms with Gasteiger partial charge in [0.2, 0.25) is 0 Å². The summed E-state index contributed by atoms with van der Waals surface area (Å²) in [5, 5.41) is 2.88. The van der Waals surface area contributed by atoms with Crippen molar-refractivity contribution in [3.8, 4) is 34.3 Å². The molecule has 25 heavy (non-hydrogen) atoms. The van der Waals surface area contributed by atoms with Gasteiger partial charge in [0.25, 0.3) is 0 Å². The quantitative estimate of drug-likeness (QED) is 0.697. The van der Waals surface area contributed by atoms with Crippen LogP contribution in [0.4, 0.5) is 0 Å². The number of hydrogen-bond donors (Lipinski definition) is 0. The summed E-state index contributed by atoms with van der Waals surface area (Å²) < 4.78 is 22.5. The molecule has 0 fully saturated rings. The number of fused-ring (bicyclic) bond motifs is 1. The molecule has 0 radical (unpaired) electrons. The van der Waals surface area contributed by atoms with Crippen molar-refractivity contribution in [2.75, 3.05) is 20.8 Å². The molecule has 3 aromatic rings. The van der Waals surface area contributed by atoms with E-state index >= 15 is 0 Å². The summed E-state index contributed by atoms with van der Waals surface area (Å²) in [5.74, 6) is 2.99. The number of methoxy groups -OCH3 is 2. The lowest BCUT2D eigenvalue weighted by Gasteiger charge is -2.24. The van der Waals surface area contributed by atoms with Crippen molar-refractivity contribution in [3.63, 3.8) is 0 Å². The number of benzene rings is 2. The molecule has 5 nitrogen and oxygen atoms in total. The minimum Gasteiger partial charge on any atom is -0.497 e. The van der Waals surface area contributed by atoms with E-state index in [0.29, 0.717) is 6.61 Å². The first kappa shape index (κ1) is 15.8. The molecular weight excluding hydrogens is 338 g/mol. The molecule has 0 aliphatic carbocycles. The molecule has 6 heteroatoms. The Morgan fingerprint density at radius 1 is 1.08 bits per heavy atom. The molecule has 4 rings (SSSR count). The Morgan fingerprint density at radius 2 is 1.92 bits per heavy atom. The molecule has 0 saturated carbocycles. The molecule has 2 aromatic carbocycles. The fourth-order valence-corrected chi connectivity index (χ4v) is 3.54. The highest BCUT2D eigenvalue weighted by atomic mass is 32.1. The molecule has 1 aromatic heterocycles. The molecule has 1 unspecified atom stereocenters. The predicted molar refractivity (Wildman–Crippen MR) is 96.0 cm³/mol. The van der Waals surface area contributed by atoms with Crippen LogP contribution in [0.2, 0.25) is 0 Å². The Labute approximate surface area is 149 Å². The maximum absolute atomic E-state index is 6.03. The van der Waals surface area contributed by atoms with Crippen molar-refractivity contribution in [3.05, 3.63) is 52.9 Å². The fourth-order valence-electron chi connectivity index (χ4n) is 2.71. The van der Waals surface area contributed by atoms with Crippen molar-refractivity contribution >= 4 is 11.3 Å². The van der Waals surface area contributed by atoms with E-state index in [1.807, 2.05) is 47.8 Å². The first-order valence-corrected chi connectivity index (χ1v) is 8.73. The second-order valence-electron chi connectivity index (χ2n) is 5.50. The lowest BCUT2D eigenvalue weighted by molar-refractivity contribution is 0.0911. The van der Waals surface area contributed by atoms with Crippen molar-refractivity contribution in [1.29, 1.82) is 0 Å². The van der Waals surface area contributed by atoms with E-state index in [-0.39, 0.29) is 6.10 Å². The van der Waals surface area contributed by atoms with Gasteiger partial charge in [-0.15, -0.1) is 11.3 Å². The summed E-state index contributed by atoms with van der Waals surface area (Å²) in [6.07, 6.45) is -0.210. The summed E-state index contributed by atoms with van der Waals surface area (Å²) in [5.41, 5.74) is 1.77. The fraction of sp³-hybridized carbons (Fsp3) is 0.211. The maximum atomic E-state index is 6.03. The van der Waals surface area contributed by atoms with Crippen molar-refractivity contribution < 1.29 is 18.9 Å². The smallest absolute Gasteiger partial charge is 0.184 e. The number of rotatable bonds is 4. The number of nitrogens with zero attached hydrogens (tertiary/aromatic N) is 1. The van der Waals surface area contributed by atoms with Gasteiger partial charge >= 0.3 is 0 Å². The highest BCUT2D eigenvalue weighted by Crippen LogP contribution is 2.39. The summed E-state index contributed by atoms with van der Waals surface area (Å²) in [6.45, 7) is 0.448. The third-order valence-corrected chi connectivity index (χ3v) is 4.93. The third-order valence-electron chi connectivity index (χ3n) is 3.99. The van der Waals surface area contributed by atoms with E-state index in [9.17, 15) is 0 Å². The Kier molecular flexibility index (Phi) is 4.19. The topological polar surface area (TPSA) is 49.8 Å². The van der Waals surface area contributed by atoms with Gasteiger partial charge in [-0.05, 0) is 24.3 Å². The maximum Gasteiger partial charge on any atom is 0.184 e. The van der Waals surface area contributed by atoms with E-state index in [0.717, 1.165) is 39.3 Å². The van der Waals surface area contributed by atoms with Crippen molar-refractivity contribution in [1.82, 2.24) is 4.98 Å². The molecule has 0 N–H and O–H groups in total. The second-order valence-corrected chi connectivity index (χ2v) is 6.39. The molecular formula is C19H17NO4S. The van der Waals surface area contributed by atoms with E-state index in [2.05, 4.69) is 0 Å². The van der Waals surface area contributed by atoms with Gasteiger partial charge in [0, 0.05) is 17.0 Å². The summed E-state index contributed by atoms with van der Waals surface area (Å²) in [6, 6.07) is 13.4. The van der Waals surface area contributed by atoms with Crippen LogP contribution in [0, 0.1) is 0 Å². The molecule has 1 aliphatic rings. The zero-order valence-corrected chi connectivity index (χ0v) is 14.7. The van der Waals surface area contributed by atoms with Crippen LogP contribution < -0.4 is 18.9 Å². The van der Waals surface area contributed by atoms with Gasteiger partial charge in [-0.3, -0.25) is 0 Å². The van der Waals surface area contributed by atoms with Crippen LogP contribution >= 0.6 is 11.3 Å². The van der Waals surface area contributed by atoms with Crippen LogP contribution in [-0.4, -0.2) is 25.8 Å². The number of para-hydroxylation sites is 2. The molecule has 0 spiro atoms. The van der Waals surface area contributed by atoms with Gasteiger partial charge in [-0.25, -0.2) is 4.98 Å². The van der Waals surface area contributed by atoms with Crippen LogP contribution in [0.5, 0.6) is 23.0 Å². The van der Waals surface area contributed by atoms with E-state index in [4.69, 9.17) is 23.9 Å². The molecule has 128 valence electrons. The SMILES string of the molecule is COc1ccc(-c2csc(C3COc4ccccc4O3)n2)c(OC)c1. The lowest BCUT2D eigenvalue weighted by Crippen LogP contribution is -2.21. The predicted octanol–water partition coefficient (Wildman–Crippen LogP) is 4.34. The van der Waals surface area contributed by atoms with Crippen LogP contribution in [0.3, 0.4) is 0 Å². The summed E-state index contributed by atoms with van der Waals surface area (Å²) >= 11 is 1.55. The van der Waals surface area contributed by atoms with Crippen LogP contribution in [-0.2, 0) is 0 Å². The van der Waals surface area contributed by atoms with Crippen molar-refractivity contribution in [2.24, 2.45) is 0 Å². The molecule has 0 amide bonds. The summed E-state index contributed by atoms with van der Waals surface area (Å²) in [4.78, 5) is 4.73. The number of ether oxygens (including phenoxy) is 4. The normalized spacial score (nSPS) is 15.7. The first-order valence-electron chi connectivity index (χ1n) is 7.85. The Balaban J connectivity index is 1.61. The average Bonchev–Trinajstić information content (AvgIpc) is 3.17. The largest absolute Gasteiger partial charge is 0.497 e. The minimum absolute atomic E-state index is 0.210. The van der Waals surface area contributed by atoms with Gasteiger partial charge in [0.05, 0.1) is 19.9 Å². The number of thiazole rings is 1. The minimum atomic E-state index is -0.210. The van der Waals surface area contributed by atoms with Gasteiger partial charge in [0.15, 0.2) is 17.6 Å². The van der Waals surface area contributed by atoms with Gasteiger partial charge in [-0.2, -0.15) is 0 Å². The standard InChI is InChI=1S/C19H17NO4S/c1-21-12-7-8-13(17(9-12)22-2)14-11-25-19(20-14)18-10-23-15-5-3-4-6-16(15)24-18/h3-9,11,18H,10H2,1-2H3. The van der Waals surface area contributed by atoms with E-state index < -0.39 is 0 Å². The average molecular weight is 355 g/mol. The lowest BCUT2D eigenvalue weighted by atomic mass is 10.1. The van der Waals surface area contributed by atoms with Crippen LogP contribution in [0.15, 0.2) is 47.8 Å². The molecule has 1 aliphatic heterocycles. The van der Waals surface area contributed by atoms with E-state index in [1.165, 1.54) is 0 Å². The Morgan fingerprint density at radius 3 is 2.72 bits per heavy atom. The first-order chi connectivity index (χ1) is 12.3. The van der Waals surface area contributed by atoms with Crippen molar-refractivity contribution in [2.45, 2.75) is 6.10 Å². The second kappa shape index (κ2) is 6.64. The monoisotopic (exact) mass is 355 g/mol. The molecule has 2 heterocycles. The Hall–Kier alpha value is -2.73. The highest BCUT2D eigenvalue weighted by molar-refractivity contribution is 7.10. The van der Waals surface area contributed by atoms with Gasteiger partial charge in [-0.1, -0.05) is 12.1 Å². The molecule has 1 atom stereocenters. The third kappa shape index (κ3) is 3.00. The van der Waals surface area contributed by atoms with Gasteiger partial charge < -0.3 is 18.9 Å². The molecule has 0 bridgehead atoms. The van der Waals surface area contributed by atoms with E-state index in [1.54, 1.807) is 25.6 Å². The zero-order valence-electron chi connectivity index (χ0n) is 13.9. The molecule has 0 saturated heterocycles. The van der Waals surface area contributed by atoms with Crippen LogP contribution in [0.25, 0.3) is 11.3 Å². The van der Waals surface area contributed by atoms with Crippen LogP contribution in [0.1, 0.15) is 11.1 Å². The Bertz CT molecular complexity index is 893. The van der Waals surface area contributed by atoms with Gasteiger partial charge in [0.1, 0.15) is 23.1 Å². The summed E-state index contributed by atoms with van der Waals surface area (Å²) in [7, 11) is 3.27. The number of hydrogen-bond acceptors (Lipinski definition) is 6. The zero-order chi connectivity index (χ0) is 17.2.